The third-order valence-electron chi connectivity index (χ3n) is 4.61. The van der Waals surface area contributed by atoms with Crippen LogP contribution in [0.2, 0.25) is 0 Å². The predicted molar refractivity (Wildman–Crippen MR) is 121 cm³/mol. The number of rotatable bonds is 6. The number of aromatic nitrogens is 1. The first-order valence-corrected chi connectivity index (χ1v) is 10.4. The Bertz CT molecular complexity index is 1160. The number of fused-ring (bicyclic) bond motifs is 1. The molecule has 0 fully saturated rings. The van der Waals surface area contributed by atoms with Crippen molar-refractivity contribution in [3.63, 3.8) is 0 Å². The van der Waals surface area contributed by atoms with E-state index < -0.39 is 11.7 Å². The van der Waals surface area contributed by atoms with Crippen LogP contribution in [0.15, 0.2) is 77.5 Å². The van der Waals surface area contributed by atoms with E-state index in [1.54, 1.807) is 35.6 Å². The van der Waals surface area contributed by atoms with Gasteiger partial charge in [0, 0.05) is 18.3 Å². The number of nitrogens with zero attached hydrogens (tertiary/aromatic N) is 2. The molecule has 3 aromatic rings. The van der Waals surface area contributed by atoms with Crippen molar-refractivity contribution in [2.75, 3.05) is 5.32 Å². The van der Waals surface area contributed by atoms with Crippen molar-refractivity contribution < 1.29 is 9.59 Å². The molecule has 30 heavy (non-hydrogen) atoms. The van der Waals surface area contributed by atoms with E-state index in [0.29, 0.717) is 5.69 Å². The summed E-state index contributed by atoms with van der Waals surface area (Å²) in [6, 6.07) is 17.1. The number of hydrogen-bond acceptors (Lipinski definition) is 6. The quantitative estimate of drug-likeness (QED) is 0.351. The van der Waals surface area contributed by atoms with Gasteiger partial charge in [0.2, 0.25) is 0 Å². The number of benzene rings is 2. The minimum absolute atomic E-state index is 0.166. The number of amides is 1. The second-order valence-corrected chi connectivity index (χ2v) is 7.85. The van der Waals surface area contributed by atoms with Crippen molar-refractivity contribution in [2.45, 2.75) is 19.8 Å². The summed E-state index contributed by atoms with van der Waals surface area (Å²) in [5, 5.41) is 7.77. The van der Waals surface area contributed by atoms with Gasteiger partial charge in [0.15, 0.2) is 11.5 Å². The monoisotopic (exact) mass is 416 g/mol. The molecule has 2 aromatic carbocycles. The number of allylic oxidation sites excluding steroid dienone is 4. The van der Waals surface area contributed by atoms with Gasteiger partial charge in [0.1, 0.15) is 5.01 Å². The number of hydrogen-bond donors (Lipinski definition) is 2. The average molecular weight is 417 g/mol. The van der Waals surface area contributed by atoms with Gasteiger partial charge in [-0.15, -0.1) is 11.3 Å². The smallest absolute Gasteiger partial charge is 0.279 e. The third-order valence-corrected chi connectivity index (χ3v) is 5.72. The molecule has 0 bridgehead atoms. The molecule has 150 valence electrons. The predicted octanol–water partition coefficient (Wildman–Crippen LogP) is 4.53. The lowest BCUT2D eigenvalue weighted by atomic mass is 10.0. The van der Waals surface area contributed by atoms with Crippen LogP contribution in [0, 0.1) is 0 Å². The molecule has 1 heterocycles. The normalized spacial score (nSPS) is 14.1. The van der Waals surface area contributed by atoms with Gasteiger partial charge in [-0.05, 0) is 48.8 Å². The van der Waals surface area contributed by atoms with E-state index in [0.717, 1.165) is 29.1 Å². The fourth-order valence-electron chi connectivity index (χ4n) is 3.05. The molecule has 4 rings (SSSR count). The second kappa shape index (κ2) is 8.84. The summed E-state index contributed by atoms with van der Waals surface area (Å²) < 4.78 is 1.17. The van der Waals surface area contributed by atoms with Crippen LogP contribution in [-0.4, -0.2) is 22.4 Å². The highest BCUT2D eigenvalue weighted by atomic mass is 32.1. The lowest BCUT2D eigenvalue weighted by molar-refractivity contribution is -0.114. The van der Waals surface area contributed by atoms with E-state index in [1.165, 1.54) is 17.2 Å². The van der Waals surface area contributed by atoms with Crippen LogP contribution < -0.4 is 10.7 Å². The summed E-state index contributed by atoms with van der Waals surface area (Å²) in [6.45, 7) is 1.32. The van der Waals surface area contributed by atoms with Crippen molar-refractivity contribution in [2.24, 2.45) is 5.10 Å². The molecule has 0 radical (unpaired) electrons. The van der Waals surface area contributed by atoms with Crippen molar-refractivity contribution >= 4 is 50.2 Å². The van der Waals surface area contributed by atoms with Gasteiger partial charge in [-0.1, -0.05) is 36.4 Å². The van der Waals surface area contributed by atoms with Gasteiger partial charge in [-0.25, -0.2) is 4.98 Å². The Balaban J connectivity index is 1.46. The van der Waals surface area contributed by atoms with Crippen LogP contribution in [0.1, 0.15) is 24.8 Å². The molecule has 1 amide bonds. The number of anilines is 1. The number of carbonyl (C=O) groups excluding carboxylic acids is 2. The molecule has 0 saturated heterocycles. The summed E-state index contributed by atoms with van der Waals surface area (Å²) in [5.41, 5.74) is 6.33. The average Bonchev–Trinajstić information content (AvgIpc) is 3.19. The SMILES string of the molecule is CC(=O)/C(=N/NC1=CC=C(c2nc3ccccc3s2)CC1)C(=O)Nc1ccccc1. The van der Waals surface area contributed by atoms with E-state index >= 15 is 0 Å². The molecule has 1 aromatic heterocycles. The van der Waals surface area contributed by atoms with Gasteiger partial charge in [0.25, 0.3) is 5.91 Å². The number of Topliss-reactive ketones (excluding diaryl/α,β-unsaturated/α-hetero) is 1. The largest absolute Gasteiger partial charge is 0.320 e. The molecular formula is C23H20N4O2S. The summed E-state index contributed by atoms with van der Waals surface area (Å²) in [4.78, 5) is 29.0. The lowest BCUT2D eigenvalue weighted by Gasteiger charge is -2.13. The van der Waals surface area contributed by atoms with Gasteiger partial charge in [-0.3, -0.25) is 15.0 Å². The van der Waals surface area contributed by atoms with Crippen LogP contribution in [0.4, 0.5) is 5.69 Å². The number of carbonyl (C=O) groups is 2. The molecule has 1 aliphatic rings. The maximum Gasteiger partial charge on any atom is 0.279 e. The number of thiazole rings is 1. The maximum atomic E-state index is 12.4. The maximum absolute atomic E-state index is 12.4. The molecule has 0 saturated carbocycles. The molecule has 1 aliphatic carbocycles. The highest BCUT2D eigenvalue weighted by Crippen LogP contribution is 2.32. The van der Waals surface area contributed by atoms with Gasteiger partial charge >= 0.3 is 0 Å². The Morgan fingerprint density at radius 1 is 1.00 bits per heavy atom. The first kappa shape index (κ1) is 19.7. The van der Waals surface area contributed by atoms with E-state index in [1.807, 2.05) is 36.4 Å². The standard InChI is InChI=1S/C23H20N4O2S/c1-15(28)21(22(29)24-17-7-3-2-4-8-17)27-26-18-13-11-16(12-14-18)23-25-19-9-5-6-10-20(19)30-23/h2-11,13,26H,12,14H2,1H3,(H,24,29)/b27-21-. The number of nitrogens with one attached hydrogen (secondary N) is 2. The van der Waals surface area contributed by atoms with Crippen LogP contribution in [0.5, 0.6) is 0 Å². The fourth-order valence-corrected chi connectivity index (χ4v) is 4.07. The molecule has 6 nitrogen and oxygen atoms in total. The van der Waals surface area contributed by atoms with Crippen molar-refractivity contribution in [3.05, 3.63) is 77.5 Å². The Morgan fingerprint density at radius 2 is 1.77 bits per heavy atom. The molecule has 0 aliphatic heterocycles. The highest BCUT2D eigenvalue weighted by Gasteiger charge is 2.18. The van der Waals surface area contributed by atoms with Crippen molar-refractivity contribution in [1.82, 2.24) is 10.4 Å². The first-order valence-electron chi connectivity index (χ1n) is 9.57. The van der Waals surface area contributed by atoms with E-state index in [4.69, 9.17) is 4.98 Å². The number of para-hydroxylation sites is 2. The van der Waals surface area contributed by atoms with Crippen LogP contribution in [0.3, 0.4) is 0 Å². The Kier molecular flexibility index (Phi) is 5.81. The first-order chi connectivity index (χ1) is 14.6. The third kappa shape index (κ3) is 4.52. The molecule has 2 N–H and O–H groups in total. The molecule has 0 atom stereocenters. The zero-order valence-electron chi connectivity index (χ0n) is 16.4. The summed E-state index contributed by atoms with van der Waals surface area (Å²) in [5.74, 6) is -0.943. The number of ketones is 1. The summed E-state index contributed by atoms with van der Waals surface area (Å²) >= 11 is 1.68. The number of hydrazone groups is 1. The van der Waals surface area contributed by atoms with E-state index in [2.05, 4.69) is 21.9 Å². The molecular weight excluding hydrogens is 396 g/mol. The van der Waals surface area contributed by atoms with E-state index in [9.17, 15) is 9.59 Å². The second-order valence-electron chi connectivity index (χ2n) is 6.82. The van der Waals surface area contributed by atoms with Crippen LogP contribution in [-0.2, 0) is 9.59 Å². The minimum atomic E-state index is -0.539. The Morgan fingerprint density at radius 3 is 2.47 bits per heavy atom. The fraction of sp³-hybridized carbons (Fsp3) is 0.130. The zero-order chi connectivity index (χ0) is 20.9. The Hall–Kier alpha value is -3.58. The van der Waals surface area contributed by atoms with E-state index in [-0.39, 0.29) is 5.71 Å². The summed E-state index contributed by atoms with van der Waals surface area (Å²) in [7, 11) is 0. The summed E-state index contributed by atoms with van der Waals surface area (Å²) in [6.07, 6.45) is 5.45. The van der Waals surface area contributed by atoms with Gasteiger partial charge in [-0.2, -0.15) is 5.10 Å². The van der Waals surface area contributed by atoms with Crippen LogP contribution in [0.25, 0.3) is 15.8 Å². The van der Waals surface area contributed by atoms with Crippen molar-refractivity contribution in [3.8, 4) is 0 Å². The molecule has 0 spiro atoms. The zero-order valence-corrected chi connectivity index (χ0v) is 17.2. The topological polar surface area (TPSA) is 83.5 Å². The molecule has 0 unspecified atom stereocenters. The van der Waals surface area contributed by atoms with Crippen LogP contribution >= 0.6 is 11.3 Å². The molecule has 7 heteroatoms. The van der Waals surface area contributed by atoms with Gasteiger partial charge in [0.05, 0.1) is 10.2 Å². The Labute approximate surface area is 178 Å². The minimum Gasteiger partial charge on any atom is -0.320 e. The van der Waals surface area contributed by atoms with Gasteiger partial charge < -0.3 is 5.32 Å². The van der Waals surface area contributed by atoms with Crippen molar-refractivity contribution in [1.29, 1.82) is 0 Å². The lowest BCUT2D eigenvalue weighted by Crippen LogP contribution is -2.30. The highest BCUT2D eigenvalue weighted by molar-refractivity contribution is 7.19.